The van der Waals surface area contributed by atoms with Crippen molar-refractivity contribution in [2.24, 2.45) is 28.6 Å². The van der Waals surface area contributed by atoms with Gasteiger partial charge in [-0.05, 0) is 68.1 Å². The molecule has 0 saturated heterocycles. The largest absolute Gasteiger partial charge is 0.462 e. The van der Waals surface area contributed by atoms with Crippen LogP contribution in [-0.4, -0.2) is 24.1 Å². The maximum atomic E-state index is 11.6. The van der Waals surface area contributed by atoms with Crippen molar-refractivity contribution in [2.45, 2.75) is 91.3 Å². The zero-order valence-electron chi connectivity index (χ0n) is 17.3. The van der Waals surface area contributed by atoms with Gasteiger partial charge in [0, 0.05) is 25.7 Å². The van der Waals surface area contributed by atoms with E-state index in [1.807, 2.05) is 0 Å². The minimum absolute atomic E-state index is 0.0621. The summed E-state index contributed by atoms with van der Waals surface area (Å²) < 4.78 is 11.3. The molecule has 4 aliphatic rings. The summed E-state index contributed by atoms with van der Waals surface area (Å²) in [5, 5.41) is 0. The molecule has 7 atom stereocenters. The van der Waals surface area contributed by atoms with Crippen molar-refractivity contribution in [3.05, 3.63) is 11.6 Å². The minimum atomic E-state index is -0.159. The molecule has 0 bridgehead atoms. The van der Waals surface area contributed by atoms with E-state index in [0.717, 1.165) is 38.5 Å². The molecule has 150 valence electrons. The second-order valence-corrected chi connectivity index (χ2v) is 9.95. The Balaban J connectivity index is 1.55. The van der Waals surface area contributed by atoms with E-state index in [1.54, 1.807) is 6.92 Å². The minimum Gasteiger partial charge on any atom is -0.462 e. The molecule has 0 N–H and O–H groups in total. The van der Waals surface area contributed by atoms with Gasteiger partial charge in [-0.2, -0.15) is 0 Å². The average Bonchev–Trinajstić information content (AvgIpc) is 2.91. The lowest BCUT2D eigenvalue weighted by atomic mass is 9.48. The Labute approximate surface area is 163 Å². The topological polar surface area (TPSA) is 52.6 Å². The number of hydrogen-bond donors (Lipinski definition) is 0. The second-order valence-electron chi connectivity index (χ2n) is 9.95. The van der Waals surface area contributed by atoms with E-state index < -0.39 is 0 Å². The summed E-state index contributed by atoms with van der Waals surface area (Å²) >= 11 is 0. The third-order valence-electron chi connectivity index (χ3n) is 8.61. The van der Waals surface area contributed by atoms with Gasteiger partial charge in [-0.1, -0.05) is 25.5 Å². The Morgan fingerprint density at radius 1 is 0.963 bits per heavy atom. The van der Waals surface area contributed by atoms with Crippen molar-refractivity contribution in [1.82, 2.24) is 0 Å². The fraction of sp³-hybridized carbons (Fsp3) is 0.826. The molecule has 4 heteroatoms. The van der Waals surface area contributed by atoms with Crippen molar-refractivity contribution in [1.29, 1.82) is 0 Å². The molecule has 0 radical (unpaired) electrons. The van der Waals surface area contributed by atoms with Crippen LogP contribution in [-0.2, 0) is 19.1 Å². The van der Waals surface area contributed by atoms with Crippen LogP contribution in [0.5, 0.6) is 0 Å². The summed E-state index contributed by atoms with van der Waals surface area (Å²) in [6.45, 7) is 7.88. The first-order valence-corrected chi connectivity index (χ1v) is 10.8. The highest BCUT2D eigenvalue weighted by Crippen LogP contribution is 2.65. The number of carbonyl (C=O) groups excluding carboxylic acids is 2. The number of allylic oxidation sites excluding steroid dienone is 1. The molecule has 0 amide bonds. The zero-order valence-corrected chi connectivity index (χ0v) is 17.3. The first-order chi connectivity index (χ1) is 12.7. The van der Waals surface area contributed by atoms with Crippen LogP contribution in [0.15, 0.2) is 11.6 Å². The Bertz CT molecular complexity index is 667. The lowest BCUT2D eigenvalue weighted by Crippen LogP contribution is -2.51. The van der Waals surface area contributed by atoms with Crippen molar-refractivity contribution in [2.75, 3.05) is 0 Å². The predicted molar refractivity (Wildman–Crippen MR) is 103 cm³/mol. The molecule has 3 fully saturated rings. The lowest BCUT2D eigenvalue weighted by molar-refractivity contribution is -0.157. The number of rotatable bonds is 2. The van der Waals surface area contributed by atoms with Crippen LogP contribution >= 0.6 is 0 Å². The van der Waals surface area contributed by atoms with Crippen LogP contribution < -0.4 is 0 Å². The van der Waals surface area contributed by atoms with Crippen molar-refractivity contribution >= 4 is 11.9 Å². The molecular weight excluding hydrogens is 340 g/mol. The highest BCUT2D eigenvalue weighted by Gasteiger charge is 2.59. The van der Waals surface area contributed by atoms with Gasteiger partial charge in [-0.15, -0.1) is 0 Å². The van der Waals surface area contributed by atoms with E-state index in [-0.39, 0.29) is 35.0 Å². The standard InChI is InChI=1S/C23H34O4/c1-14(24)26-17-9-11-22(3)16(13-17)5-6-18-19-7-8-21(27-15(2)25)23(19,4)12-10-20(18)22/h5,17-21H,6-13H2,1-4H3/t17-,18-,19+,20-,21+,22+,23+/m1/s1. The Kier molecular flexibility index (Phi) is 4.67. The molecule has 27 heavy (non-hydrogen) atoms. The molecule has 0 aromatic carbocycles. The molecule has 0 aliphatic heterocycles. The normalized spacial score (nSPS) is 45.8. The SMILES string of the molecule is CC(=O)O[C@@H]1CC[C@@]2(C)C(=CC[C@H]3[C@H]2CC[C@]2(C)[C@@H](OC(C)=O)CC[C@@H]32)C1. The van der Waals surface area contributed by atoms with E-state index >= 15 is 0 Å². The molecule has 4 rings (SSSR count). The number of hydrogen-bond acceptors (Lipinski definition) is 4. The van der Waals surface area contributed by atoms with Gasteiger partial charge in [0.05, 0.1) is 0 Å². The van der Waals surface area contributed by atoms with Gasteiger partial charge in [0.1, 0.15) is 12.2 Å². The van der Waals surface area contributed by atoms with E-state index in [1.165, 1.54) is 25.3 Å². The predicted octanol–water partition coefficient (Wildman–Crippen LogP) is 4.81. The summed E-state index contributed by atoms with van der Waals surface area (Å²) in [7, 11) is 0. The van der Waals surface area contributed by atoms with Gasteiger partial charge < -0.3 is 9.47 Å². The first-order valence-electron chi connectivity index (χ1n) is 10.8. The third-order valence-corrected chi connectivity index (χ3v) is 8.61. The van der Waals surface area contributed by atoms with Crippen LogP contribution in [0.4, 0.5) is 0 Å². The fourth-order valence-corrected chi connectivity index (χ4v) is 7.31. The van der Waals surface area contributed by atoms with Gasteiger partial charge in [0.15, 0.2) is 0 Å². The van der Waals surface area contributed by atoms with E-state index in [4.69, 9.17) is 9.47 Å². The van der Waals surface area contributed by atoms with Crippen LogP contribution in [0.2, 0.25) is 0 Å². The molecule has 0 spiro atoms. The van der Waals surface area contributed by atoms with E-state index in [0.29, 0.717) is 17.8 Å². The average molecular weight is 375 g/mol. The van der Waals surface area contributed by atoms with Crippen molar-refractivity contribution in [3.8, 4) is 0 Å². The van der Waals surface area contributed by atoms with Crippen molar-refractivity contribution < 1.29 is 19.1 Å². The quantitative estimate of drug-likeness (QED) is 0.514. The Morgan fingerprint density at radius 3 is 2.41 bits per heavy atom. The molecule has 4 aliphatic carbocycles. The van der Waals surface area contributed by atoms with Crippen LogP contribution in [0, 0.1) is 28.6 Å². The lowest BCUT2D eigenvalue weighted by Gasteiger charge is -2.57. The molecule has 0 aromatic heterocycles. The van der Waals surface area contributed by atoms with E-state index in [9.17, 15) is 9.59 Å². The molecular formula is C23H34O4. The van der Waals surface area contributed by atoms with Crippen LogP contribution in [0.3, 0.4) is 0 Å². The summed E-state index contributed by atoms with van der Waals surface area (Å²) in [5.74, 6) is 1.77. The Morgan fingerprint density at radius 2 is 1.70 bits per heavy atom. The number of carbonyl (C=O) groups is 2. The number of fused-ring (bicyclic) bond motifs is 5. The van der Waals surface area contributed by atoms with Gasteiger partial charge in [-0.3, -0.25) is 9.59 Å². The van der Waals surface area contributed by atoms with Crippen LogP contribution in [0.1, 0.15) is 79.1 Å². The summed E-state index contributed by atoms with van der Waals surface area (Å²) in [6.07, 6.45) is 11.4. The number of ether oxygens (including phenoxy) is 2. The third kappa shape index (κ3) is 3.03. The highest BCUT2D eigenvalue weighted by atomic mass is 16.5. The monoisotopic (exact) mass is 374 g/mol. The van der Waals surface area contributed by atoms with Gasteiger partial charge >= 0.3 is 11.9 Å². The maximum absolute atomic E-state index is 11.6. The van der Waals surface area contributed by atoms with Crippen molar-refractivity contribution in [3.63, 3.8) is 0 Å². The van der Waals surface area contributed by atoms with Gasteiger partial charge in [-0.25, -0.2) is 0 Å². The highest BCUT2D eigenvalue weighted by molar-refractivity contribution is 5.66. The molecule has 0 heterocycles. The summed E-state index contributed by atoms with van der Waals surface area (Å²) in [6, 6.07) is 0. The summed E-state index contributed by atoms with van der Waals surface area (Å²) in [4.78, 5) is 22.9. The zero-order chi connectivity index (χ0) is 19.4. The smallest absolute Gasteiger partial charge is 0.302 e. The van der Waals surface area contributed by atoms with Gasteiger partial charge in [0.25, 0.3) is 0 Å². The molecule has 3 saturated carbocycles. The fourth-order valence-electron chi connectivity index (χ4n) is 7.31. The summed E-state index contributed by atoms with van der Waals surface area (Å²) in [5.41, 5.74) is 1.92. The van der Waals surface area contributed by atoms with Gasteiger partial charge in [0.2, 0.25) is 0 Å². The second kappa shape index (κ2) is 6.63. The molecule has 4 nitrogen and oxygen atoms in total. The Hall–Kier alpha value is -1.32. The first kappa shape index (κ1) is 19.0. The van der Waals surface area contributed by atoms with Crippen LogP contribution in [0.25, 0.3) is 0 Å². The van der Waals surface area contributed by atoms with E-state index in [2.05, 4.69) is 19.9 Å². The molecule has 0 unspecified atom stereocenters. The number of esters is 2. The maximum Gasteiger partial charge on any atom is 0.302 e. The molecule has 0 aromatic rings.